The van der Waals surface area contributed by atoms with Crippen LogP contribution in [0.15, 0.2) is 12.1 Å². The predicted molar refractivity (Wildman–Crippen MR) is 92.2 cm³/mol. The zero-order valence-corrected chi connectivity index (χ0v) is 15.4. The van der Waals surface area contributed by atoms with Crippen LogP contribution in [0.3, 0.4) is 0 Å². The Kier molecular flexibility index (Phi) is 6.04. The van der Waals surface area contributed by atoms with Gasteiger partial charge in [-0.15, -0.1) is 0 Å². The highest BCUT2D eigenvalue weighted by Crippen LogP contribution is 2.21. The van der Waals surface area contributed by atoms with Crippen LogP contribution in [0.5, 0.6) is 0 Å². The molecule has 0 spiro atoms. The van der Waals surface area contributed by atoms with Gasteiger partial charge in [-0.2, -0.15) is 0 Å². The Labute approximate surface area is 135 Å². The van der Waals surface area contributed by atoms with Crippen molar-refractivity contribution in [2.24, 2.45) is 5.92 Å². The number of benzene rings is 1. The highest BCUT2D eigenvalue weighted by molar-refractivity contribution is 5.67. The summed E-state index contributed by atoms with van der Waals surface area (Å²) in [5, 5.41) is 0. The monoisotopic (exact) mass is 305 g/mol. The molecule has 0 bridgehead atoms. The number of amides is 1. The highest BCUT2D eigenvalue weighted by atomic mass is 16.6. The lowest BCUT2D eigenvalue weighted by molar-refractivity contribution is 0.0285. The highest BCUT2D eigenvalue weighted by Gasteiger charge is 2.20. The molecular formula is C19H31NO2. The van der Waals surface area contributed by atoms with Gasteiger partial charge in [0.25, 0.3) is 0 Å². The van der Waals surface area contributed by atoms with E-state index in [1.807, 2.05) is 20.8 Å². The standard InChI is InChI=1S/C19H31NO2/c1-13(2)9-16-10-15(4)17(11-14(16)3)12-20(8)18(21)22-19(5,6)7/h10-11,13H,9,12H2,1-8H3. The Morgan fingerprint density at radius 1 is 1.14 bits per heavy atom. The first-order valence-corrected chi connectivity index (χ1v) is 8.02. The summed E-state index contributed by atoms with van der Waals surface area (Å²) in [7, 11) is 1.78. The molecule has 3 nitrogen and oxygen atoms in total. The molecule has 1 aromatic carbocycles. The zero-order valence-electron chi connectivity index (χ0n) is 15.4. The third-order valence-electron chi connectivity index (χ3n) is 3.54. The van der Waals surface area contributed by atoms with Crippen LogP contribution in [0.2, 0.25) is 0 Å². The van der Waals surface area contributed by atoms with E-state index in [0.29, 0.717) is 12.5 Å². The van der Waals surface area contributed by atoms with Crippen LogP contribution in [-0.4, -0.2) is 23.6 Å². The SMILES string of the molecule is Cc1cc(CN(C)C(=O)OC(C)(C)C)c(C)cc1CC(C)C. The minimum Gasteiger partial charge on any atom is -0.444 e. The molecule has 1 aromatic rings. The molecule has 0 atom stereocenters. The summed E-state index contributed by atoms with van der Waals surface area (Å²) in [6.07, 6.45) is 0.810. The zero-order chi connectivity index (χ0) is 17.1. The molecule has 0 saturated carbocycles. The molecule has 0 unspecified atom stereocenters. The molecule has 0 aliphatic carbocycles. The fourth-order valence-corrected chi connectivity index (χ4v) is 2.43. The van der Waals surface area contributed by atoms with Crippen LogP contribution >= 0.6 is 0 Å². The largest absolute Gasteiger partial charge is 0.444 e. The first-order chi connectivity index (χ1) is 9.99. The molecule has 0 saturated heterocycles. The van der Waals surface area contributed by atoms with Crippen molar-refractivity contribution in [3.8, 4) is 0 Å². The van der Waals surface area contributed by atoms with Crippen LogP contribution < -0.4 is 0 Å². The molecule has 0 aliphatic rings. The maximum absolute atomic E-state index is 12.1. The quantitative estimate of drug-likeness (QED) is 0.794. The summed E-state index contributed by atoms with van der Waals surface area (Å²) < 4.78 is 5.41. The molecule has 0 radical (unpaired) electrons. The van der Waals surface area contributed by atoms with Crippen molar-refractivity contribution in [1.82, 2.24) is 4.90 Å². The molecule has 124 valence electrons. The van der Waals surface area contributed by atoms with Crippen molar-refractivity contribution in [1.29, 1.82) is 0 Å². The van der Waals surface area contributed by atoms with E-state index in [-0.39, 0.29) is 6.09 Å². The molecule has 0 heterocycles. The van der Waals surface area contributed by atoms with Crippen molar-refractivity contribution in [2.75, 3.05) is 7.05 Å². The average molecular weight is 305 g/mol. The maximum Gasteiger partial charge on any atom is 0.410 e. The van der Waals surface area contributed by atoms with Gasteiger partial charge >= 0.3 is 6.09 Å². The second-order valence-electron chi connectivity index (χ2n) is 7.64. The number of rotatable bonds is 4. The molecule has 0 N–H and O–H groups in total. The van der Waals surface area contributed by atoms with Gasteiger partial charge in [0, 0.05) is 13.6 Å². The Bertz CT molecular complexity index is 527. The van der Waals surface area contributed by atoms with Gasteiger partial charge in [0.15, 0.2) is 0 Å². The van der Waals surface area contributed by atoms with Gasteiger partial charge in [-0.05, 0) is 69.2 Å². The van der Waals surface area contributed by atoms with Crippen molar-refractivity contribution < 1.29 is 9.53 Å². The van der Waals surface area contributed by atoms with E-state index in [1.165, 1.54) is 22.3 Å². The third-order valence-corrected chi connectivity index (χ3v) is 3.54. The van der Waals surface area contributed by atoms with E-state index >= 15 is 0 Å². The van der Waals surface area contributed by atoms with Crippen molar-refractivity contribution >= 4 is 6.09 Å². The molecule has 3 heteroatoms. The second kappa shape index (κ2) is 7.17. The summed E-state index contributed by atoms with van der Waals surface area (Å²) in [5.74, 6) is 0.647. The molecule has 1 rings (SSSR count). The second-order valence-corrected chi connectivity index (χ2v) is 7.64. The van der Waals surface area contributed by atoms with Gasteiger partial charge in [0.1, 0.15) is 5.60 Å². The van der Waals surface area contributed by atoms with Crippen LogP contribution in [0.25, 0.3) is 0 Å². The average Bonchev–Trinajstić information content (AvgIpc) is 2.32. The first-order valence-electron chi connectivity index (χ1n) is 8.02. The number of carbonyl (C=O) groups is 1. The predicted octanol–water partition coefficient (Wildman–Crippen LogP) is 4.87. The summed E-state index contributed by atoms with van der Waals surface area (Å²) in [5.41, 5.74) is 4.65. The topological polar surface area (TPSA) is 29.5 Å². The van der Waals surface area contributed by atoms with Crippen LogP contribution in [0.1, 0.15) is 56.9 Å². The van der Waals surface area contributed by atoms with Crippen molar-refractivity contribution in [3.63, 3.8) is 0 Å². The molecule has 22 heavy (non-hydrogen) atoms. The van der Waals surface area contributed by atoms with Gasteiger partial charge in [-0.3, -0.25) is 0 Å². The molecular weight excluding hydrogens is 274 g/mol. The van der Waals surface area contributed by atoms with Crippen molar-refractivity contribution in [2.45, 2.75) is 67.0 Å². The number of aryl methyl sites for hydroxylation is 2. The Morgan fingerprint density at radius 3 is 2.14 bits per heavy atom. The Balaban J connectivity index is 2.86. The van der Waals surface area contributed by atoms with E-state index in [0.717, 1.165) is 6.42 Å². The van der Waals surface area contributed by atoms with E-state index in [9.17, 15) is 4.79 Å². The Hall–Kier alpha value is -1.51. The lowest BCUT2D eigenvalue weighted by Crippen LogP contribution is -2.34. The molecule has 0 aromatic heterocycles. The lowest BCUT2D eigenvalue weighted by atomic mass is 9.94. The molecule has 0 fully saturated rings. The fourth-order valence-electron chi connectivity index (χ4n) is 2.43. The fraction of sp³-hybridized carbons (Fsp3) is 0.632. The van der Waals surface area contributed by atoms with E-state index in [2.05, 4.69) is 39.8 Å². The van der Waals surface area contributed by atoms with Gasteiger partial charge < -0.3 is 9.64 Å². The van der Waals surface area contributed by atoms with E-state index in [1.54, 1.807) is 11.9 Å². The maximum atomic E-state index is 12.1. The van der Waals surface area contributed by atoms with Gasteiger partial charge in [0.05, 0.1) is 0 Å². The lowest BCUT2D eigenvalue weighted by Gasteiger charge is -2.25. The smallest absolute Gasteiger partial charge is 0.410 e. The number of hydrogen-bond donors (Lipinski definition) is 0. The summed E-state index contributed by atoms with van der Waals surface area (Å²) in [4.78, 5) is 13.7. The Morgan fingerprint density at radius 2 is 1.64 bits per heavy atom. The normalized spacial score (nSPS) is 11.7. The summed E-state index contributed by atoms with van der Waals surface area (Å²) in [6, 6.07) is 4.46. The van der Waals surface area contributed by atoms with Crippen LogP contribution in [-0.2, 0) is 17.7 Å². The minimum atomic E-state index is -0.461. The summed E-state index contributed by atoms with van der Waals surface area (Å²) >= 11 is 0. The van der Waals surface area contributed by atoms with E-state index < -0.39 is 5.60 Å². The number of nitrogens with zero attached hydrogens (tertiary/aromatic N) is 1. The van der Waals surface area contributed by atoms with E-state index in [4.69, 9.17) is 4.74 Å². The van der Waals surface area contributed by atoms with Crippen LogP contribution in [0, 0.1) is 19.8 Å². The van der Waals surface area contributed by atoms with Gasteiger partial charge in [0.2, 0.25) is 0 Å². The molecule has 1 amide bonds. The number of ether oxygens (including phenoxy) is 1. The number of hydrogen-bond acceptors (Lipinski definition) is 2. The molecule has 0 aliphatic heterocycles. The van der Waals surface area contributed by atoms with Crippen molar-refractivity contribution in [3.05, 3.63) is 34.4 Å². The van der Waals surface area contributed by atoms with Gasteiger partial charge in [-0.25, -0.2) is 4.79 Å². The number of carbonyl (C=O) groups excluding carboxylic acids is 1. The third kappa shape index (κ3) is 5.70. The summed E-state index contributed by atoms with van der Waals surface area (Å²) in [6.45, 7) is 15.0. The first kappa shape index (κ1) is 18.5. The minimum absolute atomic E-state index is 0.282. The van der Waals surface area contributed by atoms with Gasteiger partial charge in [-0.1, -0.05) is 26.0 Å². The van der Waals surface area contributed by atoms with Crippen LogP contribution in [0.4, 0.5) is 4.79 Å².